The number of halogens is 2. The maximum absolute atomic E-state index is 13.4. The van der Waals surface area contributed by atoms with E-state index in [1.165, 1.54) is 18.2 Å². The lowest BCUT2D eigenvalue weighted by Crippen LogP contribution is -2.20. The van der Waals surface area contributed by atoms with Gasteiger partial charge in [0.1, 0.15) is 5.82 Å². The number of benzene rings is 1. The fourth-order valence-corrected chi connectivity index (χ4v) is 1.55. The first-order valence-electron chi connectivity index (χ1n) is 4.96. The Kier molecular flexibility index (Phi) is 5.47. The van der Waals surface area contributed by atoms with Crippen molar-refractivity contribution in [2.24, 2.45) is 0 Å². The molecule has 0 spiro atoms. The number of hydrogen-bond acceptors (Lipinski definition) is 3. The quantitative estimate of drug-likeness (QED) is 0.626. The third-order valence-corrected chi connectivity index (χ3v) is 2.63. The summed E-state index contributed by atoms with van der Waals surface area (Å²) in [7, 11) is 0. The van der Waals surface area contributed by atoms with Gasteiger partial charge >= 0.3 is 0 Å². The normalized spacial score (nSPS) is 12.2. The number of aliphatic hydroxyl groups is 1. The molecule has 0 bridgehead atoms. The van der Waals surface area contributed by atoms with E-state index in [2.05, 4.69) is 22.5 Å². The SMILES string of the molecule is C=CC(CO)OCC(=N)c1cc(Br)ccc1F. The summed E-state index contributed by atoms with van der Waals surface area (Å²) in [6.45, 7) is 3.19. The minimum absolute atomic E-state index is 0.0177. The van der Waals surface area contributed by atoms with Crippen LogP contribution in [-0.4, -0.2) is 30.1 Å². The summed E-state index contributed by atoms with van der Waals surface area (Å²) >= 11 is 3.21. The van der Waals surface area contributed by atoms with E-state index < -0.39 is 11.9 Å². The highest BCUT2D eigenvalue weighted by Gasteiger charge is 2.11. The van der Waals surface area contributed by atoms with Gasteiger partial charge in [-0.15, -0.1) is 6.58 Å². The summed E-state index contributed by atoms with van der Waals surface area (Å²) in [4.78, 5) is 0. The summed E-state index contributed by atoms with van der Waals surface area (Å²) in [5.74, 6) is -0.471. The van der Waals surface area contributed by atoms with Crippen LogP contribution in [-0.2, 0) is 4.74 Å². The molecular weight excluding hydrogens is 289 g/mol. The topological polar surface area (TPSA) is 53.3 Å². The highest BCUT2D eigenvalue weighted by atomic mass is 79.9. The minimum atomic E-state index is -0.537. The Labute approximate surface area is 108 Å². The van der Waals surface area contributed by atoms with Crippen LogP contribution in [0, 0.1) is 11.2 Å². The van der Waals surface area contributed by atoms with Crippen molar-refractivity contribution in [2.75, 3.05) is 13.2 Å². The second-order valence-electron chi connectivity index (χ2n) is 3.37. The van der Waals surface area contributed by atoms with E-state index in [1.807, 2.05) is 0 Å². The van der Waals surface area contributed by atoms with Gasteiger partial charge in [-0.05, 0) is 18.2 Å². The number of hydrogen-bond donors (Lipinski definition) is 2. The van der Waals surface area contributed by atoms with E-state index in [9.17, 15) is 4.39 Å². The van der Waals surface area contributed by atoms with Crippen LogP contribution in [0.4, 0.5) is 4.39 Å². The summed E-state index contributed by atoms with van der Waals surface area (Å²) < 4.78 is 19.3. The van der Waals surface area contributed by atoms with Gasteiger partial charge in [-0.2, -0.15) is 0 Å². The number of rotatable bonds is 6. The molecule has 17 heavy (non-hydrogen) atoms. The molecule has 0 aliphatic carbocycles. The van der Waals surface area contributed by atoms with Gasteiger partial charge in [0.05, 0.1) is 25.0 Å². The molecular formula is C12H13BrFNO2. The molecule has 1 rings (SSSR count). The highest BCUT2D eigenvalue weighted by molar-refractivity contribution is 9.10. The van der Waals surface area contributed by atoms with E-state index in [-0.39, 0.29) is 24.5 Å². The van der Waals surface area contributed by atoms with E-state index in [0.717, 1.165) is 0 Å². The van der Waals surface area contributed by atoms with Crippen molar-refractivity contribution in [3.63, 3.8) is 0 Å². The Morgan fingerprint density at radius 1 is 1.65 bits per heavy atom. The van der Waals surface area contributed by atoms with Crippen LogP contribution in [0.3, 0.4) is 0 Å². The summed E-state index contributed by atoms with van der Waals surface area (Å²) in [6.07, 6.45) is 0.899. The maximum Gasteiger partial charge on any atom is 0.132 e. The van der Waals surface area contributed by atoms with Crippen molar-refractivity contribution in [1.29, 1.82) is 5.41 Å². The molecule has 1 aromatic carbocycles. The van der Waals surface area contributed by atoms with Crippen LogP contribution >= 0.6 is 15.9 Å². The second-order valence-corrected chi connectivity index (χ2v) is 4.29. The first-order chi connectivity index (χ1) is 8.08. The van der Waals surface area contributed by atoms with Gasteiger partial charge in [0.15, 0.2) is 0 Å². The fourth-order valence-electron chi connectivity index (χ4n) is 1.19. The van der Waals surface area contributed by atoms with E-state index in [4.69, 9.17) is 15.3 Å². The van der Waals surface area contributed by atoms with Crippen molar-refractivity contribution in [1.82, 2.24) is 0 Å². The van der Waals surface area contributed by atoms with E-state index >= 15 is 0 Å². The first kappa shape index (κ1) is 14.0. The molecule has 1 atom stereocenters. The second kappa shape index (κ2) is 6.64. The molecule has 0 heterocycles. The van der Waals surface area contributed by atoms with Crippen molar-refractivity contribution in [3.05, 3.63) is 46.7 Å². The standard InChI is InChI=1S/C12H13BrFNO2/c1-2-9(6-16)17-7-12(15)10-5-8(13)3-4-11(10)14/h2-5,9,15-16H,1,6-7H2. The molecule has 0 aliphatic heterocycles. The number of ether oxygens (including phenoxy) is 1. The smallest absolute Gasteiger partial charge is 0.132 e. The molecule has 0 radical (unpaired) electrons. The molecule has 0 saturated heterocycles. The lowest BCUT2D eigenvalue weighted by atomic mass is 10.1. The predicted octanol–water partition coefficient (Wildman–Crippen LogP) is 2.52. The lowest BCUT2D eigenvalue weighted by Gasteiger charge is -2.12. The zero-order valence-corrected chi connectivity index (χ0v) is 10.7. The predicted molar refractivity (Wildman–Crippen MR) is 68.0 cm³/mol. The molecule has 92 valence electrons. The Morgan fingerprint density at radius 3 is 2.94 bits per heavy atom. The zero-order chi connectivity index (χ0) is 12.8. The van der Waals surface area contributed by atoms with Crippen molar-refractivity contribution >= 4 is 21.6 Å². The average Bonchev–Trinajstić information content (AvgIpc) is 2.33. The van der Waals surface area contributed by atoms with Crippen LogP contribution < -0.4 is 0 Å². The van der Waals surface area contributed by atoms with Crippen molar-refractivity contribution < 1.29 is 14.2 Å². The minimum Gasteiger partial charge on any atom is -0.393 e. The highest BCUT2D eigenvalue weighted by Crippen LogP contribution is 2.16. The van der Waals surface area contributed by atoms with E-state index in [0.29, 0.717) is 4.47 Å². The van der Waals surface area contributed by atoms with Crippen LogP contribution in [0.1, 0.15) is 5.56 Å². The fraction of sp³-hybridized carbons (Fsp3) is 0.250. The van der Waals surface area contributed by atoms with Crippen LogP contribution in [0.5, 0.6) is 0 Å². The number of nitrogens with one attached hydrogen (secondary N) is 1. The molecule has 0 amide bonds. The zero-order valence-electron chi connectivity index (χ0n) is 9.12. The van der Waals surface area contributed by atoms with Crippen LogP contribution in [0.2, 0.25) is 0 Å². The van der Waals surface area contributed by atoms with Gasteiger partial charge in [0.25, 0.3) is 0 Å². The molecule has 1 aromatic rings. The van der Waals surface area contributed by atoms with Crippen LogP contribution in [0.25, 0.3) is 0 Å². The van der Waals surface area contributed by atoms with Gasteiger partial charge in [0.2, 0.25) is 0 Å². The van der Waals surface area contributed by atoms with Crippen LogP contribution in [0.15, 0.2) is 35.3 Å². The Balaban J connectivity index is 2.70. The third-order valence-electron chi connectivity index (χ3n) is 2.14. The first-order valence-corrected chi connectivity index (χ1v) is 5.75. The Bertz CT molecular complexity index is 423. The summed E-state index contributed by atoms with van der Waals surface area (Å²) in [5.41, 5.74) is 0.198. The molecule has 3 nitrogen and oxygen atoms in total. The Hall–Kier alpha value is -1.04. The van der Waals surface area contributed by atoms with Gasteiger partial charge in [-0.3, -0.25) is 0 Å². The van der Waals surface area contributed by atoms with Gasteiger partial charge < -0.3 is 15.3 Å². The largest absolute Gasteiger partial charge is 0.393 e. The number of aliphatic hydroxyl groups excluding tert-OH is 1. The van der Waals surface area contributed by atoms with Gasteiger partial charge in [-0.1, -0.05) is 22.0 Å². The third kappa shape index (κ3) is 4.03. The maximum atomic E-state index is 13.4. The monoisotopic (exact) mass is 301 g/mol. The van der Waals surface area contributed by atoms with E-state index in [1.54, 1.807) is 6.07 Å². The molecule has 1 unspecified atom stereocenters. The van der Waals surface area contributed by atoms with Gasteiger partial charge in [0, 0.05) is 10.0 Å². The average molecular weight is 302 g/mol. The molecule has 0 aromatic heterocycles. The van der Waals surface area contributed by atoms with Crippen molar-refractivity contribution in [2.45, 2.75) is 6.10 Å². The molecule has 0 fully saturated rings. The van der Waals surface area contributed by atoms with Gasteiger partial charge in [-0.25, -0.2) is 4.39 Å². The summed E-state index contributed by atoms with van der Waals surface area (Å²) in [5, 5.41) is 16.6. The molecule has 2 N–H and O–H groups in total. The molecule has 0 aliphatic rings. The Morgan fingerprint density at radius 2 is 2.35 bits per heavy atom. The lowest BCUT2D eigenvalue weighted by molar-refractivity contribution is 0.0659. The van der Waals surface area contributed by atoms with Crippen molar-refractivity contribution in [3.8, 4) is 0 Å². The molecule has 5 heteroatoms. The molecule has 0 saturated carbocycles. The summed E-state index contributed by atoms with van der Waals surface area (Å²) in [6, 6.07) is 4.36.